The largest absolute Gasteiger partial charge is 0.352 e. The van der Waals surface area contributed by atoms with Gasteiger partial charge in [-0.15, -0.1) is 0 Å². The molecule has 0 unspecified atom stereocenters. The molecule has 4 nitrogen and oxygen atoms in total. The molecule has 0 saturated carbocycles. The molecule has 18 heavy (non-hydrogen) atoms. The van der Waals surface area contributed by atoms with Crippen molar-refractivity contribution in [1.82, 2.24) is 15.0 Å². The van der Waals surface area contributed by atoms with Gasteiger partial charge in [-0.2, -0.15) is 0 Å². The Morgan fingerprint density at radius 2 is 2.22 bits per heavy atom. The number of H-pyrrole nitrogens is 1. The van der Waals surface area contributed by atoms with Crippen LogP contribution in [0.3, 0.4) is 0 Å². The molecule has 3 rings (SSSR count). The zero-order chi connectivity index (χ0) is 12.4. The molecule has 2 aromatic heterocycles. The third kappa shape index (κ3) is 2.36. The molecular weight excluding hydrogens is 292 g/mol. The summed E-state index contributed by atoms with van der Waals surface area (Å²) in [5.74, 6) is 0.770. The van der Waals surface area contributed by atoms with Gasteiger partial charge in [0.1, 0.15) is 0 Å². The van der Waals surface area contributed by atoms with Gasteiger partial charge in [0, 0.05) is 23.4 Å². The second kappa shape index (κ2) is 4.78. The van der Waals surface area contributed by atoms with Crippen molar-refractivity contribution < 1.29 is 0 Å². The van der Waals surface area contributed by atoms with E-state index in [1.54, 1.807) is 6.20 Å². The number of nitrogens with one attached hydrogen (secondary N) is 2. The first-order chi connectivity index (χ1) is 8.81. The smallest absolute Gasteiger partial charge is 0.201 e. The Labute approximate surface area is 113 Å². The Bertz CT molecular complexity index is 663. The van der Waals surface area contributed by atoms with Crippen LogP contribution in [0, 0.1) is 0 Å². The summed E-state index contributed by atoms with van der Waals surface area (Å²) in [6.45, 7) is 0.703. The molecule has 2 heterocycles. The average molecular weight is 303 g/mol. The minimum atomic E-state index is 0.703. The fourth-order valence-electron chi connectivity index (χ4n) is 1.75. The molecule has 0 atom stereocenters. The molecule has 0 fully saturated rings. The predicted octanol–water partition coefficient (Wildman–Crippen LogP) is 3.33. The number of pyridine rings is 1. The molecule has 90 valence electrons. The number of imidazole rings is 1. The first kappa shape index (κ1) is 11.2. The summed E-state index contributed by atoms with van der Waals surface area (Å²) in [4.78, 5) is 11.8. The highest BCUT2D eigenvalue weighted by atomic mass is 79.9. The third-order valence-corrected chi connectivity index (χ3v) is 3.12. The van der Waals surface area contributed by atoms with Crippen LogP contribution in [-0.2, 0) is 6.54 Å². The number of nitrogens with zero attached hydrogens (tertiary/aromatic N) is 2. The van der Waals surface area contributed by atoms with E-state index in [1.807, 2.05) is 36.5 Å². The van der Waals surface area contributed by atoms with Crippen molar-refractivity contribution in [2.75, 3.05) is 5.32 Å². The number of aromatic nitrogens is 3. The summed E-state index contributed by atoms with van der Waals surface area (Å²) < 4.78 is 1.04. The summed E-state index contributed by atoms with van der Waals surface area (Å²) in [6.07, 6.45) is 3.61. The minimum Gasteiger partial charge on any atom is -0.352 e. The molecular formula is C13H11BrN4. The Hall–Kier alpha value is -1.88. The number of halogens is 1. The highest BCUT2D eigenvalue weighted by molar-refractivity contribution is 9.10. The fourth-order valence-corrected chi connectivity index (χ4v) is 2.12. The van der Waals surface area contributed by atoms with Crippen molar-refractivity contribution in [2.45, 2.75) is 6.54 Å². The van der Waals surface area contributed by atoms with Crippen molar-refractivity contribution in [3.8, 4) is 0 Å². The number of aromatic amines is 1. The zero-order valence-corrected chi connectivity index (χ0v) is 11.1. The van der Waals surface area contributed by atoms with Gasteiger partial charge in [-0.1, -0.05) is 22.0 Å². The first-order valence-corrected chi connectivity index (χ1v) is 6.38. The number of hydrogen-bond donors (Lipinski definition) is 2. The van der Waals surface area contributed by atoms with Crippen LogP contribution in [0.4, 0.5) is 5.95 Å². The van der Waals surface area contributed by atoms with E-state index < -0.39 is 0 Å². The van der Waals surface area contributed by atoms with Gasteiger partial charge in [-0.05, 0) is 29.8 Å². The lowest BCUT2D eigenvalue weighted by molar-refractivity contribution is 1.08. The summed E-state index contributed by atoms with van der Waals surface area (Å²) in [7, 11) is 0. The number of hydrogen-bond acceptors (Lipinski definition) is 3. The predicted molar refractivity (Wildman–Crippen MR) is 75.4 cm³/mol. The lowest BCUT2D eigenvalue weighted by Gasteiger charge is -2.01. The maximum atomic E-state index is 4.46. The van der Waals surface area contributed by atoms with E-state index in [2.05, 4.69) is 36.2 Å². The summed E-state index contributed by atoms with van der Waals surface area (Å²) in [5, 5.41) is 3.25. The monoisotopic (exact) mass is 302 g/mol. The first-order valence-electron chi connectivity index (χ1n) is 5.59. The highest BCUT2D eigenvalue weighted by Gasteiger charge is 2.02. The molecule has 0 spiro atoms. The quantitative estimate of drug-likeness (QED) is 0.780. The second-order valence-electron chi connectivity index (χ2n) is 3.96. The van der Waals surface area contributed by atoms with Gasteiger partial charge in [0.25, 0.3) is 0 Å². The maximum absolute atomic E-state index is 4.46. The molecule has 2 N–H and O–H groups in total. The Balaban J connectivity index is 1.79. The molecule has 0 radical (unpaired) electrons. The van der Waals surface area contributed by atoms with Gasteiger partial charge in [-0.3, -0.25) is 4.98 Å². The van der Waals surface area contributed by atoms with Gasteiger partial charge in [0.2, 0.25) is 5.95 Å². The number of benzene rings is 1. The van der Waals surface area contributed by atoms with Crippen LogP contribution < -0.4 is 5.32 Å². The van der Waals surface area contributed by atoms with Gasteiger partial charge < -0.3 is 10.3 Å². The van der Waals surface area contributed by atoms with Crippen LogP contribution in [0.2, 0.25) is 0 Å². The van der Waals surface area contributed by atoms with Gasteiger partial charge in [-0.25, -0.2) is 4.98 Å². The van der Waals surface area contributed by atoms with E-state index in [4.69, 9.17) is 0 Å². The van der Waals surface area contributed by atoms with Crippen molar-refractivity contribution in [3.63, 3.8) is 0 Å². The lowest BCUT2D eigenvalue weighted by atomic mass is 10.3. The minimum absolute atomic E-state index is 0.703. The second-order valence-corrected chi connectivity index (χ2v) is 4.88. The Morgan fingerprint density at radius 3 is 3.06 bits per heavy atom. The molecule has 0 aliphatic heterocycles. The molecule has 3 aromatic rings. The molecule has 0 aliphatic rings. The zero-order valence-electron chi connectivity index (χ0n) is 9.52. The topological polar surface area (TPSA) is 53.6 Å². The SMILES string of the molecule is Brc1ccc2nc(NCc3cccnc3)[nH]c2c1. The van der Waals surface area contributed by atoms with Crippen LogP contribution >= 0.6 is 15.9 Å². The third-order valence-electron chi connectivity index (χ3n) is 2.63. The maximum Gasteiger partial charge on any atom is 0.201 e. The summed E-state index contributed by atoms with van der Waals surface area (Å²) >= 11 is 3.44. The summed E-state index contributed by atoms with van der Waals surface area (Å²) in [5.41, 5.74) is 3.09. The van der Waals surface area contributed by atoms with E-state index >= 15 is 0 Å². The molecule has 0 aliphatic carbocycles. The van der Waals surface area contributed by atoms with Crippen LogP contribution in [0.5, 0.6) is 0 Å². The van der Waals surface area contributed by atoms with Crippen LogP contribution in [0.25, 0.3) is 11.0 Å². The van der Waals surface area contributed by atoms with E-state index in [0.717, 1.165) is 27.0 Å². The molecule has 5 heteroatoms. The van der Waals surface area contributed by atoms with Crippen molar-refractivity contribution >= 4 is 32.9 Å². The molecule has 0 amide bonds. The average Bonchev–Trinajstić information content (AvgIpc) is 2.79. The van der Waals surface area contributed by atoms with E-state index in [9.17, 15) is 0 Å². The van der Waals surface area contributed by atoms with Crippen LogP contribution in [0.15, 0.2) is 47.2 Å². The number of fused-ring (bicyclic) bond motifs is 1. The standard InChI is InChI=1S/C13H11BrN4/c14-10-3-4-11-12(6-10)18-13(17-11)16-8-9-2-1-5-15-7-9/h1-7H,8H2,(H2,16,17,18). The van der Waals surface area contributed by atoms with Crippen molar-refractivity contribution in [2.24, 2.45) is 0 Å². The van der Waals surface area contributed by atoms with Crippen molar-refractivity contribution in [1.29, 1.82) is 0 Å². The van der Waals surface area contributed by atoms with Gasteiger partial charge >= 0.3 is 0 Å². The summed E-state index contributed by atoms with van der Waals surface area (Å²) in [6, 6.07) is 9.92. The van der Waals surface area contributed by atoms with Gasteiger partial charge in [0.15, 0.2) is 0 Å². The van der Waals surface area contributed by atoms with E-state index in [-0.39, 0.29) is 0 Å². The lowest BCUT2D eigenvalue weighted by Crippen LogP contribution is -2.00. The molecule has 0 bridgehead atoms. The van der Waals surface area contributed by atoms with E-state index in [0.29, 0.717) is 6.54 Å². The normalized spacial score (nSPS) is 10.7. The number of rotatable bonds is 3. The molecule has 0 saturated heterocycles. The van der Waals surface area contributed by atoms with Crippen LogP contribution in [-0.4, -0.2) is 15.0 Å². The Morgan fingerprint density at radius 1 is 1.28 bits per heavy atom. The highest BCUT2D eigenvalue weighted by Crippen LogP contribution is 2.19. The van der Waals surface area contributed by atoms with Crippen LogP contribution in [0.1, 0.15) is 5.56 Å². The van der Waals surface area contributed by atoms with E-state index in [1.165, 1.54) is 0 Å². The molecule has 1 aromatic carbocycles. The Kier molecular flexibility index (Phi) is 2.98. The number of anilines is 1. The van der Waals surface area contributed by atoms with Crippen molar-refractivity contribution in [3.05, 3.63) is 52.8 Å². The van der Waals surface area contributed by atoms with Gasteiger partial charge in [0.05, 0.1) is 11.0 Å². The fraction of sp³-hybridized carbons (Fsp3) is 0.0769.